The van der Waals surface area contributed by atoms with Gasteiger partial charge in [0.05, 0.1) is 12.6 Å². The van der Waals surface area contributed by atoms with Crippen LogP contribution in [0.4, 0.5) is 4.79 Å². The monoisotopic (exact) mass is 387 g/mol. The van der Waals surface area contributed by atoms with E-state index in [2.05, 4.69) is 33.9 Å². The molecule has 0 aromatic rings. The van der Waals surface area contributed by atoms with Crippen molar-refractivity contribution >= 4 is 20.4 Å². The summed E-state index contributed by atoms with van der Waals surface area (Å²) in [5.74, 6) is -0.980. The predicted octanol–water partition coefficient (Wildman–Crippen LogP) is 4.64. The Labute approximate surface area is 159 Å². The third-order valence-corrected chi connectivity index (χ3v) is 9.95. The molecule has 1 saturated heterocycles. The fourth-order valence-corrected chi connectivity index (χ4v) is 4.47. The van der Waals surface area contributed by atoms with Crippen LogP contribution in [0, 0.1) is 0 Å². The van der Waals surface area contributed by atoms with Crippen molar-refractivity contribution in [2.75, 3.05) is 6.54 Å². The molecule has 152 valence electrons. The summed E-state index contributed by atoms with van der Waals surface area (Å²) in [4.78, 5) is 26.4. The van der Waals surface area contributed by atoms with Gasteiger partial charge in [-0.3, -0.25) is 4.90 Å². The van der Waals surface area contributed by atoms with Crippen molar-refractivity contribution < 1.29 is 23.9 Å². The minimum atomic E-state index is -2.07. The number of aliphatic carboxylic acids is 1. The van der Waals surface area contributed by atoms with E-state index in [0.29, 0.717) is 19.3 Å². The molecule has 0 spiro atoms. The van der Waals surface area contributed by atoms with E-state index in [1.807, 2.05) is 6.92 Å². The number of carboxylic acids is 1. The molecule has 6 nitrogen and oxygen atoms in total. The van der Waals surface area contributed by atoms with Crippen molar-refractivity contribution in [3.8, 4) is 0 Å². The Bertz CT molecular complexity index is 535. The largest absolute Gasteiger partial charge is 0.479 e. The van der Waals surface area contributed by atoms with Gasteiger partial charge in [0.15, 0.2) is 8.32 Å². The number of carbonyl (C=O) groups is 2. The van der Waals surface area contributed by atoms with E-state index < -0.39 is 31.5 Å². The highest BCUT2D eigenvalue weighted by Crippen LogP contribution is 2.42. The van der Waals surface area contributed by atoms with E-state index in [9.17, 15) is 14.7 Å². The maximum atomic E-state index is 12.8. The zero-order chi connectivity index (χ0) is 20.6. The van der Waals surface area contributed by atoms with Gasteiger partial charge in [0.25, 0.3) is 0 Å². The van der Waals surface area contributed by atoms with Crippen LogP contribution in [0.15, 0.2) is 0 Å². The first-order valence-electron chi connectivity index (χ1n) is 9.47. The molecule has 1 aliphatic rings. The number of carbonyl (C=O) groups excluding carboxylic acids is 1. The summed E-state index contributed by atoms with van der Waals surface area (Å²) in [7, 11) is -2.07. The van der Waals surface area contributed by atoms with Gasteiger partial charge in [0, 0.05) is 6.42 Å². The standard InChI is InChI=1S/C19H37NO5Si/c1-10-11-19(15(21)22)12-14(25-26(8,9)18(5,6)7)13-20(19)16(23)24-17(2,3)4/h14H,10-13H2,1-9H3,(H,21,22)/t14-,19-/m1/s1. The quantitative estimate of drug-likeness (QED) is 0.695. The van der Waals surface area contributed by atoms with Crippen molar-refractivity contribution in [1.29, 1.82) is 0 Å². The van der Waals surface area contributed by atoms with Gasteiger partial charge in [-0.2, -0.15) is 0 Å². The summed E-state index contributed by atoms with van der Waals surface area (Å²) >= 11 is 0. The third-order valence-electron chi connectivity index (χ3n) is 5.41. The van der Waals surface area contributed by atoms with Gasteiger partial charge in [-0.15, -0.1) is 0 Å². The Morgan fingerprint density at radius 1 is 1.19 bits per heavy atom. The molecule has 2 atom stereocenters. The van der Waals surface area contributed by atoms with Crippen molar-refractivity contribution in [2.45, 2.75) is 103 Å². The summed E-state index contributed by atoms with van der Waals surface area (Å²) in [6.07, 6.45) is 0.500. The Kier molecular flexibility index (Phi) is 6.62. The topological polar surface area (TPSA) is 76.1 Å². The van der Waals surface area contributed by atoms with E-state index in [1.165, 1.54) is 4.90 Å². The molecule has 1 N–H and O–H groups in total. The molecule has 0 radical (unpaired) electrons. The summed E-state index contributed by atoms with van der Waals surface area (Å²) in [6, 6.07) is 0. The van der Waals surface area contributed by atoms with Crippen LogP contribution in [-0.2, 0) is 14.0 Å². The number of nitrogens with zero attached hydrogens (tertiary/aromatic N) is 1. The molecule has 0 aromatic heterocycles. The second-order valence-electron chi connectivity index (χ2n) is 9.88. The van der Waals surface area contributed by atoms with Gasteiger partial charge >= 0.3 is 12.1 Å². The predicted molar refractivity (Wildman–Crippen MR) is 105 cm³/mol. The van der Waals surface area contributed by atoms with E-state index >= 15 is 0 Å². The summed E-state index contributed by atoms with van der Waals surface area (Å²) in [5, 5.41) is 10.0. The Morgan fingerprint density at radius 3 is 2.12 bits per heavy atom. The molecular formula is C19H37NO5Si. The van der Waals surface area contributed by atoms with Crippen molar-refractivity contribution in [2.24, 2.45) is 0 Å². The SMILES string of the molecule is CCC[C@]1(C(=O)O)C[C@@H](O[Si](C)(C)C(C)(C)C)CN1C(=O)OC(C)(C)C. The number of hydrogen-bond acceptors (Lipinski definition) is 4. The van der Waals surface area contributed by atoms with Crippen LogP contribution in [-0.4, -0.2) is 54.2 Å². The number of carboxylic acid groups (broad SMARTS) is 1. The molecule has 1 heterocycles. The first-order chi connectivity index (χ1) is 11.6. The number of amides is 1. The number of likely N-dealkylation sites (tertiary alicyclic amines) is 1. The van der Waals surface area contributed by atoms with Gasteiger partial charge in [-0.25, -0.2) is 9.59 Å². The van der Waals surface area contributed by atoms with Crippen LogP contribution in [0.2, 0.25) is 18.1 Å². The minimum Gasteiger partial charge on any atom is -0.479 e. The molecule has 0 saturated carbocycles. The first kappa shape index (κ1) is 23.0. The molecule has 1 fully saturated rings. The van der Waals surface area contributed by atoms with Crippen molar-refractivity contribution in [3.05, 3.63) is 0 Å². The second-order valence-corrected chi connectivity index (χ2v) is 14.6. The zero-order valence-electron chi connectivity index (χ0n) is 17.9. The van der Waals surface area contributed by atoms with E-state index in [4.69, 9.17) is 9.16 Å². The maximum absolute atomic E-state index is 12.8. The molecule has 0 aromatic carbocycles. The fourth-order valence-electron chi connectivity index (χ4n) is 3.13. The summed E-state index contributed by atoms with van der Waals surface area (Å²) in [6.45, 7) is 18.3. The normalized spacial score (nSPS) is 24.7. The van der Waals surface area contributed by atoms with Crippen LogP contribution < -0.4 is 0 Å². The van der Waals surface area contributed by atoms with Crippen LogP contribution >= 0.6 is 0 Å². The summed E-state index contributed by atoms with van der Waals surface area (Å²) in [5.41, 5.74) is -1.93. The van der Waals surface area contributed by atoms with Crippen LogP contribution in [0.5, 0.6) is 0 Å². The summed E-state index contributed by atoms with van der Waals surface area (Å²) < 4.78 is 12.0. The van der Waals surface area contributed by atoms with E-state index in [0.717, 1.165) is 0 Å². The van der Waals surface area contributed by atoms with Crippen LogP contribution in [0.25, 0.3) is 0 Å². The average molecular weight is 388 g/mol. The first-order valence-corrected chi connectivity index (χ1v) is 12.4. The van der Waals surface area contributed by atoms with Crippen molar-refractivity contribution in [1.82, 2.24) is 4.90 Å². The molecule has 1 amide bonds. The zero-order valence-corrected chi connectivity index (χ0v) is 18.9. The second kappa shape index (κ2) is 7.50. The average Bonchev–Trinajstić information content (AvgIpc) is 2.75. The van der Waals surface area contributed by atoms with E-state index in [1.54, 1.807) is 20.8 Å². The smallest absolute Gasteiger partial charge is 0.411 e. The number of hydrogen-bond donors (Lipinski definition) is 1. The highest BCUT2D eigenvalue weighted by atomic mass is 28.4. The number of ether oxygens (including phenoxy) is 1. The lowest BCUT2D eigenvalue weighted by molar-refractivity contribution is -0.150. The van der Waals surface area contributed by atoms with Gasteiger partial charge in [0.1, 0.15) is 11.1 Å². The highest BCUT2D eigenvalue weighted by Gasteiger charge is 2.56. The lowest BCUT2D eigenvalue weighted by Crippen LogP contribution is -2.54. The molecule has 26 heavy (non-hydrogen) atoms. The molecule has 1 aliphatic heterocycles. The van der Waals surface area contributed by atoms with Crippen LogP contribution in [0.1, 0.15) is 67.7 Å². The van der Waals surface area contributed by atoms with E-state index in [-0.39, 0.29) is 17.7 Å². The molecule has 0 unspecified atom stereocenters. The molecule has 1 rings (SSSR count). The minimum absolute atomic E-state index is 0.0168. The number of rotatable bonds is 5. The lowest BCUT2D eigenvalue weighted by Gasteiger charge is -2.38. The lowest BCUT2D eigenvalue weighted by atomic mass is 9.90. The van der Waals surface area contributed by atoms with Crippen LogP contribution in [0.3, 0.4) is 0 Å². The Balaban J connectivity index is 3.17. The van der Waals surface area contributed by atoms with Gasteiger partial charge < -0.3 is 14.3 Å². The molecule has 7 heteroatoms. The molecule has 0 aliphatic carbocycles. The van der Waals surface area contributed by atoms with Crippen molar-refractivity contribution in [3.63, 3.8) is 0 Å². The third kappa shape index (κ3) is 5.00. The fraction of sp³-hybridized carbons (Fsp3) is 0.895. The maximum Gasteiger partial charge on any atom is 0.411 e. The Hall–Kier alpha value is -1.08. The molecule has 0 bridgehead atoms. The highest BCUT2D eigenvalue weighted by molar-refractivity contribution is 6.74. The van der Waals surface area contributed by atoms with Gasteiger partial charge in [0.2, 0.25) is 0 Å². The van der Waals surface area contributed by atoms with Gasteiger partial charge in [-0.05, 0) is 45.3 Å². The molecular weight excluding hydrogens is 350 g/mol. The van der Waals surface area contributed by atoms with Gasteiger partial charge in [-0.1, -0.05) is 34.1 Å². The Morgan fingerprint density at radius 2 is 1.73 bits per heavy atom.